The van der Waals surface area contributed by atoms with Crippen molar-refractivity contribution in [3.8, 4) is 17.6 Å². The van der Waals surface area contributed by atoms with Crippen LogP contribution in [0, 0.1) is 11.3 Å². The molecule has 4 N–H and O–H groups in total. The smallest absolute Gasteiger partial charge is 0.262 e. The summed E-state index contributed by atoms with van der Waals surface area (Å²) in [5.74, 6) is -0.239. The predicted molar refractivity (Wildman–Crippen MR) is 93.5 cm³/mol. The van der Waals surface area contributed by atoms with E-state index in [4.69, 9.17) is 0 Å². The average Bonchev–Trinajstić information content (AvgIpc) is 3.00. The largest absolute Gasteiger partial charge is 0.508 e. The molecule has 0 bridgehead atoms. The Morgan fingerprint density at radius 3 is 2.60 bits per heavy atom. The SMILES string of the molecule is N#CC(=Cc1c[nH]c2ccc(O)cc12)C(=O)NCc1ccc(O)cc1. The first kappa shape index (κ1) is 16.1. The number of rotatable bonds is 4. The number of hydrogen-bond acceptors (Lipinski definition) is 4. The lowest BCUT2D eigenvalue weighted by molar-refractivity contribution is -0.117. The van der Waals surface area contributed by atoms with Crippen molar-refractivity contribution in [1.82, 2.24) is 10.3 Å². The molecule has 0 radical (unpaired) electrons. The summed E-state index contributed by atoms with van der Waals surface area (Å²) >= 11 is 0. The summed E-state index contributed by atoms with van der Waals surface area (Å²) < 4.78 is 0. The quantitative estimate of drug-likeness (QED) is 0.435. The average molecular weight is 333 g/mol. The summed E-state index contributed by atoms with van der Waals surface area (Å²) in [6.45, 7) is 0.243. The third-order valence-electron chi connectivity index (χ3n) is 3.75. The van der Waals surface area contributed by atoms with Gasteiger partial charge in [0, 0.05) is 29.2 Å². The van der Waals surface area contributed by atoms with Crippen LogP contribution in [0.2, 0.25) is 0 Å². The highest BCUT2D eigenvalue weighted by molar-refractivity contribution is 6.04. The van der Waals surface area contributed by atoms with Crippen molar-refractivity contribution in [2.45, 2.75) is 6.54 Å². The molecule has 0 aliphatic carbocycles. The molecular formula is C19H15N3O3. The summed E-state index contributed by atoms with van der Waals surface area (Å²) in [5.41, 5.74) is 2.21. The number of benzene rings is 2. The van der Waals surface area contributed by atoms with Crippen molar-refractivity contribution < 1.29 is 15.0 Å². The number of fused-ring (bicyclic) bond motifs is 1. The molecule has 6 heteroatoms. The molecule has 0 fully saturated rings. The van der Waals surface area contributed by atoms with Crippen LogP contribution in [-0.2, 0) is 11.3 Å². The van der Waals surface area contributed by atoms with Gasteiger partial charge in [-0.15, -0.1) is 0 Å². The molecule has 0 unspecified atom stereocenters. The number of aromatic amines is 1. The van der Waals surface area contributed by atoms with Gasteiger partial charge in [0.2, 0.25) is 0 Å². The molecule has 124 valence electrons. The number of nitrogens with zero attached hydrogens (tertiary/aromatic N) is 1. The number of carbonyl (C=O) groups excluding carboxylic acids is 1. The second-order valence-corrected chi connectivity index (χ2v) is 5.49. The molecule has 1 heterocycles. The minimum absolute atomic E-state index is 0.0389. The van der Waals surface area contributed by atoms with Gasteiger partial charge in [-0.2, -0.15) is 5.26 Å². The van der Waals surface area contributed by atoms with E-state index in [1.807, 2.05) is 6.07 Å². The van der Waals surface area contributed by atoms with Crippen LogP contribution in [0.25, 0.3) is 17.0 Å². The van der Waals surface area contributed by atoms with Gasteiger partial charge in [-0.3, -0.25) is 4.79 Å². The van der Waals surface area contributed by atoms with Crippen molar-refractivity contribution in [2.24, 2.45) is 0 Å². The third-order valence-corrected chi connectivity index (χ3v) is 3.75. The van der Waals surface area contributed by atoms with Crippen molar-refractivity contribution >= 4 is 22.9 Å². The van der Waals surface area contributed by atoms with Gasteiger partial charge in [0.05, 0.1) is 0 Å². The van der Waals surface area contributed by atoms with Gasteiger partial charge in [0.1, 0.15) is 23.1 Å². The second kappa shape index (κ2) is 6.81. The van der Waals surface area contributed by atoms with Gasteiger partial charge >= 0.3 is 0 Å². The van der Waals surface area contributed by atoms with Crippen LogP contribution in [0.5, 0.6) is 11.5 Å². The van der Waals surface area contributed by atoms with E-state index in [2.05, 4.69) is 10.3 Å². The molecule has 6 nitrogen and oxygen atoms in total. The normalized spacial score (nSPS) is 11.2. The number of carbonyl (C=O) groups is 1. The maximum atomic E-state index is 12.2. The molecule has 0 spiro atoms. The Bertz CT molecular complexity index is 995. The highest BCUT2D eigenvalue weighted by Gasteiger charge is 2.11. The number of phenolic OH excluding ortho intramolecular Hbond substituents is 2. The third kappa shape index (κ3) is 3.62. The van der Waals surface area contributed by atoms with E-state index < -0.39 is 5.91 Å². The first-order valence-corrected chi connectivity index (χ1v) is 7.55. The fourth-order valence-electron chi connectivity index (χ4n) is 2.45. The number of amides is 1. The van der Waals surface area contributed by atoms with Gasteiger partial charge in [0.25, 0.3) is 5.91 Å². The van der Waals surface area contributed by atoms with E-state index in [9.17, 15) is 20.3 Å². The zero-order valence-electron chi connectivity index (χ0n) is 13.2. The Morgan fingerprint density at radius 2 is 1.88 bits per heavy atom. The molecule has 0 atom stereocenters. The summed E-state index contributed by atoms with van der Waals surface area (Å²) in [7, 11) is 0. The van der Waals surface area contributed by atoms with E-state index in [-0.39, 0.29) is 23.6 Å². The second-order valence-electron chi connectivity index (χ2n) is 5.49. The molecule has 1 amide bonds. The minimum atomic E-state index is -0.495. The van der Waals surface area contributed by atoms with Gasteiger partial charge < -0.3 is 20.5 Å². The number of aromatic nitrogens is 1. The molecular weight excluding hydrogens is 318 g/mol. The van der Waals surface area contributed by atoms with Gasteiger partial charge in [-0.25, -0.2) is 0 Å². The molecule has 25 heavy (non-hydrogen) atoms. The van der Waals surface area contributed by atoms with Crippen molar-refractivity contribution in [1.29, 1.82) is 5.26 Å². The van der Waals surface area contributed by atoms with E-state index in [0.29, 0.717) is 5.56 Å². The fourth-order valence-corrected chi connectivity index (χ4v) is 2.45. The predicted octanol–water partition coefficient (Wildman–Crippen LogP) is 2.80. The molecule has 3 rings (SSSR count). The van der Waals surface area contributed by atoms with Gasteiger partial charge in [-0.05, 0) is 42.0 Å². The van der Waals surface area contributed by atoms with Crippen LogP contribution >= 0.6 is 0 Å². The first-order chi connectivity index (χ1) is 12.1. The van der Waals surface area contributed by atoms with Crippen LogP contribution in [0.4, 0.5) is 0 Å². The van der Waals surface area contributed by atoms with E-state index in [1.54, 1.807) is 36.5 Å². The standard InChI is InChI=1S/C19H15N3O3/c20-9-13(19(25)22-10-12-1-3-15(23)4-2-12)7-14-11-21-18-6-5-16(24)8-17(14)18/h1-8,11,21,23-24H,10H2,(H,22,25). The topological polar surface area (TPSA) is 109 Å². The van der Waals surface area contributed by atoms with Crippen LogP contribution in [0.3, 0.4) is 0 Å². The fraction of sp³-hybridized carbons (Fsp3) is 0.0526. The van der Waals surface area contributed by atoms with E-state index >= 15 is 0 Å². The Labute approximate surface area is 143 Å². The zero-order valence-corrected chi connectivity index (χ0v) is 13.2. The Balaban J connectivity index is 1.79. The molecule has 0 saturated carbocycles. The first-order valence-electron chi connectivity index (χ1n) is 7.55. The monoisotopic (exact) mass is 333 g/mol. The molecule has 3 aromatic rings. The molecule has 2 aromatic carbocycles. The lowest BCUT2D eigenvalue weighted by atomic mass is 10.1. The Morgan fingerprint density at radius 1 is 1.16 bits per heavy atom. The summed E-state index contributed by atoms with van der Waals surface area (Å²) in [5, 5.41) is 31.5. The van der Waals surface area contributed by atoms with Crippen molar-refractivity contribution in [2.75, 3.05) is 0 Å². The van der Waals surface area contributed by atoms with Crippen LogP contribution in [-0.4, -0.2) is 21.1 Å². The number of H-pyrrole nitrogens is 1. The lowest BCUT2D eigenvalue weighted by Crippen LogP contribution is -2.23. The molecule has 0 aliphatic heterocycles. The summed E-state index contributed by atoms with van der Waals surface area (Å²) in [6, 6.07) is 13.2. The Hall–Kier alpha value is -3.72. The Kier molecular flexibility index (Phi) is 4.40. The number of hydrogen-bond donors (Lipinski definition) is 4. The molecule has 0 aliphatic rings. The highest BCUT2D eigenvalue weighted by Crippen LogP contribution is 2.24. The maximum absolute atomic E-state index is 12.2. The number of phenols is 2. The van der Waals surface area contributed by atoms with Gasteiger partial charge in [-0.1, -0.05) is 12.1 Å². The van der Waals surface area contributed by atoms with Crippen LogP contribution in [0.15, 0.2) is 54.2 Å². The molecule has 1 aromatic heterocycles. The number of aromatic hydroxyl groups is 2. The summed E-state index contributed by atoms with van der Waals surface area (Å²) in [4.78, 5) is 15.3. The zero-order chi connectivity index (χ0) is 17.8. The van der Waals surface area contributed by atoms with Crippen LogP contribution < -0.4 is 5.32 Å². The number of nitriles is 1. The summed E-state index contributed by atoms with van der Waals surface area (Å²) in [6.07, 6.45) is 3.15. The highest BCUT2D eigenvalue weighted by atomic mass is 16.3. The van der Waals surface area contributed by atoms with Crippen LogP contribution in [0.1, 0.15) is 11.1 Å². The van der Waals surface area contributed by atoms with Gasteiger partial charge in [0.15, 0.2) is 0 Å². The van der Waals surface area contributed by atoms with E-state index in [1.165, 1.54) is 18.2 Å². The minimum Gasteiger partial charge on any atom is -0.508 e. The van der Waals surface area contributed by atoms with E-state index in [0.717, 1.165) is 16.5 Å². The maximum Gasteiger partial charge on any atom is 0.262 e. The van der Waals surface area contributed by atoms with Crippen molar-refractivity contribution in [3.05, 3.63) is 65.4 Å². The molecule has 0 saturated heterocycles. The number of nitrogens with one attached hydrogen (secondary N) is 2. The lowest BCUT2D eigenvalue weighted by Gasteiger charge is -2.04. The van der Waals surface area contributed by atoms with Crippen molar-refractivity contribution in [3.63, 3.8) is 0 Å².